The van der Waals surface area contributed by atoms with Crippen LogP contribution in [-0.2, 0) is 6.54 Å². The first-order chi connectivity index (χ1) is 11.5. The fourth-order valence-corrected chi connectivity index (χ4v) is 3.88. The lowest BCUT2D eigenvalue weighted by atomic mass is 10.1. The number of rotatable bonds is 5. The Morgan fingerprint density at radius 2 is 1.88 bits per heavy atom. The van der Waals surface area contributed by atoms with Crippen LogP contribution in [0.3, 0.4) is 0 Å². The summed E-state index contributed by atoms with van der Waals surface area (Å²) in [7, 11) is 0. The number of nitrogens with two attached hydrogens (primary N) is 1. The van der Waals surface area contributed by atoms with Gasteiger partial charge in [0.05, 0.1) is 0 Å². The number of hydrogen-bond acceptors (Lipinski definition) is 4. The van der Waals surface area contributed by atoms with Crippen LogP contribution in [0.2, 0.25) is 5.02 Å². The number of aromatic carboxylic acids is 1. The number of anilines is 1. The van der Waals surface area contributed by atoms with Crippen molar-refractivity contribution in [2.24, 2.45) is 5.73 Å². The Morgan fingerprint density at radius 1 is 1.17 bits per heavy atom. The van der Waals surface area contributed by atoms with Crippen LogP contribution < -0.4 is 11.1 Å². The predicted molar refractivity (Wildman–Crippen MR) is 96.1 cm³/mol. The molecule has 0 bridgehead atoms. The number of hydrogen-bond donors (Lipinski definition) is 3. The van der Waals surface area contributed by atoms with E-state index in [1.54, 1.807) is 36.4 Å². The van der Waals surface area contributed by atoms with Crippen LogP contribution in [0.15, 0.2) is 42.5 Å². The summed E-state index contributed by atoms with van der Waals surface area (Å²) in [4.78, 5) is 22.9. The highest BCUT2D eigenvalue weighted by molar-refractivity contribution is 7.21. The van der Waals surface area contributed by atoms with Crippen LogP contribution in [0.25, 0.3) is 10.1 Å². The maximum absolute atomic E-state index is 11.5. The number of carboxylic acids is 1. The van der Waals surface area contributed by atoms with E-state index in [1.165, 1.54) is 11.3 Å². The maximum Gasteiger partial charge on any atom is 0.346 e. The summed E-state index contributed by atoms with van der Waals surface area (Å²) in [5.41, 5.74) is 7.02. The van der Waals surface area contributed by atoms with Gasteiger partial charge in [0, 0.05) is 38.5 Å². The number of benzene rings is 2. The molecule has 1 aromatic heterocycles. The molecule has 0 saturated carbocycles. The molecule has 0 aliphatic heterocycles. The van der Waals surface area contributed by atoms with Crippen LogP contribution in [0, 0.1) is 0 Å². The molecular formula is C17H13ClN2O3S. The molecule has 4 N–H and O–H groups in total. The molecular weight excluding hydrogens is 348 g/mol. The molecule has 2 aromatic carbocycles. The maximum atomic E-state index is 11.5. The molecule has 1 heterocycles. The SMILES string of the molecule is NC(=O)c1ccc(NCc2c(C(=O)O)sc3cccc(Cl)c23)cc1. The minimum Gasteiger partial charge on any atom is -0.477 e. The van der Waals surface area contributed by atoms with Crippen molar-refractivity contribution in [3.05, 3.63) is 63.5 Å². The van der Waals surface area contributed by atoms with E-state index >= 15 is 0 Å². The van der Waals surface area contributed by atoms with Crippen LogP contribution in [0.1, 0.15) is 25.6 Å². The van der Waals surface area contributed by atoms with E-state index in [2.05, 4.69) is 5.32 Å². The van der Waals surface area contributed by atoms with Crippen molar-refractivity contribution in [1.82, 2.24) is 0 Å². The second-order valence-electron chi connectivity index (χ2n) is 5.12. The minimum absolute atomic E-state index is 0.263. The smallest absolute Gasteiger partial charge is 0.346 e. The van der Waals surface area contributed by atoms with E-state index in [-0.39, 0.29) is 4.88 Å². The van der Waals surface area contributed by atoms with E-state index in [9.17, 15) is 14.7 Å². The molecule has 0 fully saturated rings. The molecule has 0 spiro atoms. The number of carboxylic acid groups (broad SMARTS) is 1. The lowest BCUT2D eigenvalue weighted by Crippen LogP contribution is -2.10. The fourth-order valence-electron chi connectivity index (χ4n) is 2.45. The Bertz CT molecular complexity index is 935. The molecule has 24 heavy (non-hydrogen) atoms. The number of carbonyl (C=O) groups is 2. The lowest BCUT2D eigenvalue weighted by Gasteiger charge is -2.08. The Labute approximate surface area is 146 Å². The van der Waals surface area contributed by atoms with Gasteiger partial charge in [-0.2, -0.15) is 0 Å². The zero-order valence-electron chi connectivity index (χ0n) is 12.4. The number of amides is 1. The first-order valence-electron chi connectivity index (χ1n) is 7.04. The van der Waals surface area contributed by atoms with Crippen LogP contribution >= 0.6 is 22.9 Å². The zero-order valence-corrected chi connectivity index (χ0v) is 13.9. The summed E-state index contributed by atoms with van der Waals surface area (Å²) >= 11 is 7.45. The minimum atomic E-state index is -0.979. The van der Waals surface area contributed by atoms with Gasteiger partial charge in [-0.05, 0) is 36.4 Å². The summed E-state index contributed by atoms with van der Waals surface area (Å²) in [6, 6.07) is 12.1. The van der Waals surface area contributed by atoms with Crippen molar-refractivity contribution >= 4 is 50.6 Å². The monoisotopic (exact) mass is 360 g/mol. The van der Waals surface area contributed by atoms with E-state index in [1.807, 2.05) is 6.07 Å². The van der Waals surface area contributed by atoms with Gasteiger partial charge in [-0.1, -0.05) is 17.7 Å². The Morgan fingerprint density at radius 3 is 2.50 bits per heavy atom. The van der Waals surface area contributed by atoms with Crippen molar-refractivity contribution in [1.29, 1.82) is 0 Å². The third-order valence-corrected chi connectivity index (χ3v) is 5.10. The predicted octanol–water partition coefficient (Wildman–Crippen LogP) is 3.96. The molecule has 3 aromatic rings. The van der Waals surface area contributed by atoms with Crippen molar-refractivity contribution in [3.8, 4) is 0 Å². The average molecular weight is 361 g/mol. The average Bonchev–Trinajstić information content (AvgIpc) is 2.93. The van der Waals surface area contributed by atoms with Gasteiger partial charge in [0.1, 0.15) is 4.88 Å². The van der Waals surface area contributed by atoms with Crippen LogP contribution in [0.5, 0.6) is 0 Å². The summed E-state index contributed by atoms with van der Waals surface area (Å²) in [5, 5.41) is 13.9. The van der Waals surface area contributed by atoms with E-state index in [0.717, 1.165) is 15.8 Å². The van der Waals surface area contributed by atoms with Gasteiger partial charge in [0.25, 0.3) is 0 Å². The van der Waals surface area contributed by atoms with Crippen molar-refractivity contribution < 1.29 is 14.7 Å². The number of primary amides is 1. The van der Waals surface area contributed by atoms with Crippen molar-refractivity contribution in [2.75, 3.05) is 5.32 Å². The van der Waals surface area contributed by atoms with Gasteiger partial charge in [0.15, 0.2) is 0 Å². The molecule has 1 amide bonds. The summed E-state index contributed by atoms with van der Waals surface area (Å²) in [6.07, 6.45) is 0. The second kappa shape index (κ2) is 6.51. The van der Waals surface area contributed by atoms with Crippen molar-refractivity contribution in [3.63, 3.8) is 0 Å². The van der Waals surface area contributed by atoms with E-state index < -0.39 is 11.9 Å². The van der Waals surface area contributed by atoms with Gasteiger partial charge in [-0.3, -0.25) is 4.79 Å². The standard InChI is InChI=1S/C17H13ClN2O3S/c18-12-2-1-3-13-14(12)11(15(24-13)17(22)23)8-20-10-6-4-9(5-7-10)16(19)21/h1-7,20H,8H2,(H2,19,21)(H,22,23). The van der Waals surface area contributed by atoms with Crippen LogP contribution in [-0.4, -0.2) is 17.0 Å². The largest absolute Gasteiger partial charge is 0.477 e. The Hall–Kier alpha value is -2.57. The van der Waals surface area contributed by atoms with Gasteiger partial charge < -0.3 is 16.2 Å². The van der Waals surface area contributed by atoms with E-state index in [4.69, 9.17) is 17.3 Å². The highest BCUT2D eigenvalue weighted by Crippen LogP contribution is 2.36. The highest BCUT2D eigenvalue weighted by atomic mass is 35.5. The fraction of sp³-hybridized carbons (Fsp3) is 0.0588. The second-order valence-corrected chi connectivity index (χ2v) is 6.58. The first kappa shape index (κ1) is 16.3. The zero-order chi connectivity index (χ0) is 17.3. The molecule has 5 nitrogen and oxygen atoms in total. The molecule has 0 atom stereocenters. The van der Waals surface area contributed by atoms with Gasteiger partial charge in [-0.15, -0.1) is 11.3 Å². The molecule has 122 valence electrons. The molecule has 3 rings (SSSR count). The number of thiophene rings is 1. The first-order valence-corrected chi connectivity index (χ1v) is 8.23. The van der Waals surface area contributed by atoms with Crippen LogP contribution in [0.4, 0.5) is 5.69 Å². The van der Waals surface area contributed by atoms with Gasteiger partial charge in [0.2, 0.25) is 5.91 Å². The van der Waals surface area contributed by atoms with Crippen molar-refractivity contribution in [2.45, 2.75) is 6.54 Å². The third kappa shape index (κ3) is 3.06. The highest BCUT2D eigenvalue weighted by Gasteiger charge is 2.19. The Balaban J connectivity index is 1.93. The quantitative estimate of drug-likeness (QED) is 0.642. The number of halogens is 1. The summed E-state index contributed by atoms with van der Waals surface area (Å²) in [6.45, 7) is 0.307. The van der Waals surface area contributed by atoms with E-state index in [0.29, 0.717) is 22.7 Å². The van der Waals surface area contributed by atoms with Gasteiger partial charge in [-0.25, -0.2) is 4.79 Å². The molecule has 7 heteroatoms. The Kier molecular flexibility index (Phi) is 4.42. The molecule has 0 aliphatic rings. The number of nitrogens with one attached hydrogen (secondary N) is 1. The number of carbonyl (C=O) groups excluding carboxylic acids is 1. The molecule has 0 saturated heterocycles. The number of fused-ring (bicyclic) bond motifs is 1. The molecule has 0 aliphatic carbocycles. The normalized spacial score (nSPS) is 10.7. The summed E-state index contributed by atoms with van der Waals surface area (Å²) < 4.78 is 0.834. The third-order valence-electron chi connectivity index (χ3n) is 3.60. The molecule has 0 radical (unpaired) electrons. The lowest BCUT2D eigenvalue weighted by molar-refractivity contribution is 0.0701. The topological polar surface area (TPSA) is 92.4 Å². The van der Waals surface area contributed by atoms with Gasteiger partial charge >= 0.3 is 5.97 Å². The summed E-state index contributed by atoms with van der Waals surface area (Å²) in [5.74, 6) is -1.47. The molecule has 0 unspecified atom stereocenters.